The number of hydrogen-bond donors (Lipinski definition) is 1. The molecule has 2 aromatic heterocycles. The van der Waals surface area contributed by atoms with Crippen LogP contribution in [0.15, 0.2) is 21.9 Å². The first kappa shape index (κ1) is 14.8. The molecule has 0 amide bonds. The van der Waals surface area contributed by atoms with Crippen molar-refractivity contribution in [2.45, 2.75) is 39.3 Å². The van der Waals surface area contributed by atoms with Crippen LogP contribution in [-0.4, -0.2) is 34.2 Å². The summed E-state index contributed by atoms with van der Waals surface area (Å²) in [7, 11) is 0. The van der Waals surface area contributed by atoms with Crippen molar-refractivity contribution < 1.29 is 9.52 Å². The normalized spacial score (nSPS) is 23.6. The van der Waals surface area contributed by atoms with Gasteiger partial charge in [0, 0.05) is 12.6 Å². The summed E-state index contributed by atoms with van der Waals surface area (Å²) in [6.07, 6.45) is 2.38. The molecule has 0 aliphatic carbocycles. The van der Waals surface area contributed by atoms with E-state index in [4.69, 9.17) is 4.42 Å². The fraction of sp³-hybridized carbons (Fsp3) is 0.562. The Morgan fingerprint density at radius 1 is 1.52 bits per heavy atom. The van der Waals surface area contributed by atoms with Gasteiger partial charge >= 0.3 is 0 Å². The van der Waals surface area contributed by atoms with Crippen molar-refractivity contribution in [3.05, 3.63) is 29.0 Å². The van der Waals surface area contributed by atoms with Gasteiger partial charge in [-0.25, -0.2) is 4.98 Å². The van der Waals surface area contributed by atoms with Crippen LogP contribution in [0.5, 0.6) is 0 Å². The molecule has 2 unspecified atom stereocenters. The highest BCUT2D eigenvalue weighted by Gasteiger charge is 2.29. The van der Waals surface area contributed by atoms with Crippen molar-refractivity contribution in [3.63, 3.8) is 0 Å². The van der Waals surface area contributed by atoms with Crippen molar-refractivity contribution in [2.75, 3.05) is 13.2 Å². The van der Waals surface area contributed by atoms with E-state index >= 15 is 0 Å². The molecule has 1 saturated heterocycles. The largest absolute Gasteiger partial charge is 0.440 e. The minimum Gasteiger partial charge on any atom is -0.440 e. The molecule has 0 radical (unpaired) electrons. The molecule has 3 rings (SSSR count). The molecule has 0 aromatic carbocycles. The number of hydrogen-bond acceptors (Lipinski definition) is 5. The number of likely N-dealkylation sites (tertiary alicyclic amines) is 1. The molecule has 1 fully saturated rings. The van der Waals surface area contributed by atoms with Crippen molar-refractivity contribution in [3.8, 4) is 10.8 Å². The molecule has 0 saturated carbocycles. The number of aliphatic hydroxyl groups excluding tert-OH is 1. The Morgan fingerprint density at radius 2 is 2.38 bits per heavy atom. The molecule has 5 heteroatoms. The Hall–Kier alpha value is -1.17. The Labute approximate surface area is 129 Å². The van der Waals surface area contributed by atoms with Crippen molar-refractivity contribution >= 4 is 11.3 Å². The van der Waals surface area contributed by atoms with Gasteiger partial charge in [-0.15, -0.1) is 11.3 Å². The lowest BCUT2D eigenvalue weighted by Crippen LogP contribution is -2.46. The van der Waals surface area contributed by atoms with E-state index in [-0.39, 0.29) is 12.6 Å². The molecule has 0 bridgehead atoms. The van der Waals surface area contributed by atoms with Gasteiger partial charge in [0.1, 0.15) is 5.76 Å². The second-order valence-corrected chi connectivity index (χ2v) is 6.79. The highest BCUT2D eigenvalue weighted by atomic mass is 32.1. The quantitative estimate of drug-likeness (QED) is 0.941. The third-order valence-electron chi connectivity index (χ3n) is 4.40. The third-order valence-corrected chi connectivity index (χ3v) is 5.25. The highest BCUT2D eigenvalue weighted by molar-refractivity contribution is 7.13. The standard InChI is InChI=1S/C16H22N2O2S/c1-11-5-3-7-18(14(11)10-19)9-13-12(2)20-16(17-13)15-6-4-8-21-15/h4,6,8,11,14,19H,3,5,7,9-10H2,1-2H3. The lowest BCUT2D eigenvalue weighted by Gasteiger charge is -2.38. The number of rotatable bonds is 4. The van der Waals surface area contributed by atoms with Gasteiger partial charge in [0.05, 0.1) is 17.2 Å². The number of oxazole rings is 1. The molecular weight excluding hydrogens is 284 g/mol. The van der Waals surface area contributed by atoms with Gasteiger partial charge in [0.25, 0.3) is 0 Å². The van der Waals surface area contributed by atoms with Crippen LogP contribution in [0.3, 0.4) is 0 Å². The molecule has 1 N–H and O–H groups in total. The Morgan fingerprint density at radius 3 is 3.10 bits per heavy atom. The second-order valence-electron chi connectivity index (χ2n) is 5.84. The first-order valence-corrected chi connectivity index (χ1v) is 8.42. The summed E-state index contributed by atoms with van der Waals surface area (Å²) in [5.74, 6) is 2.13. The first-order chi connectivity index (χ1) is 10.2. The number of nitrogens with zero attached hydrogens (tertiary/aromatic N) is 2. The van der Waals surface area contributed by atoms with Crippen LogP contribution in [0.25, 0.3) is 10.8 Å². The third kappa shape index (κ3) is 3.05. The summed E-state index contributed by atoms with van der Waals surface area (Å²) < 4.78 is 5.81. The summed E-state index contributed by atoms with van der Waals surface area (Å²) in [5.41, 5.74) is 0.992. The molecule has 3 heterocycles. The average molecular weight is 306 g/mol. The lowest BCUT2D eigenvalue weighted by molar-refractivity contribution is 0.0462. The highest BCUT2D eigenvalue weighted by Crippen LogP contribution is 2.29. The van der Waals surface area contributed by atoms with Crippen LogP contribution in [0, 0.1) is 12.8 Å². The topological polar surface area (TPSA) is 49.5 Å². The zero-order valence-electron chi connectivity index (χ0n) is 12.6. The Kier molecular flexibility index (Phi) is 4.42. The van der Waals surface area contributed by atoms with Gasteiger partial charge in [-0.2, -0.15) is 0 Å². The van der Waals surface area contributed by atoms with E-state index in [2.05, 4.69) is 16.8 Å². The van der Waals surface area contributed by atoms with E-state index in [1.54, 1.807) is 11.3 Å². The van der Waals surface area contributed by atoms with Crippen molar-refractivity contribution in [2.24, 2.45) is 5.92 Å². The van der Waals surface area contributed by atoms with E-state index in [1.807, 2.05) is 24.4 Å². The fourth-order valence-electron chi connectivity index (χ4n) is 3.10. The number of aryl methyl sites for hydroxylation is 1. The van der Waals surface area contributed by atoms with Gasteiger partial charge in [-0.3, -0.25) is 4.90 Å². The van der Waals surface area contributed by atoms with E-state index in [9.17, 15) is 5.11 Å². The molecule has 2 aromatic rings. The molecule has 1 aliphatic rings. The van der Waals surface area contributed by atoms with Crippen LogP contribution in [0.1, 0.15) is 31.2 Å². The zero-order valence-corrected chi connectivity index (χ0v) is 13.4. The number of piperidine rings is 1. The minimum atomic E-state index is 0.218. The van der Waals surface area contributed by atoms with Gasteiger partial charge in [-0.1, -0.05) is 13.0 Å². The van der Waals surface area contributed by atoms with E-state index < -0.39 is 0 Å². The van der Waals surface area contributed by atoms with E-state index in [0.717, 1.165) is 29.4 Å². The monoisotopic (exact) mass is 306 g/mol. The molecular formula is C16H22N2O2S. The number of aromatic nitrogens is 1. The van der Waals surface area contributed by atoms with Gasteiger partial charge in [0.15, 0.2) is 0 Å². The predicted molar refractivity (Wildman–Crippen MR) is 84.2 cm³/mol. The molecule has 2 atom stereocenters. The molecule has 0 spiro atoms. The summed E-state index contributed by atoms with van der Waals surface area (Å²) in [4.78, 5) is 8.07. The van der Waals surface area contributed by atoms with Crippen molar-refractivity contribution in [1.82, 2.24) is 9.88 Å². The summed E-state index contributed by atoms with van der Waals surface area (Å²) >= 11 is 1.64. The second kappa shape index (κ2) is 6.30. The predicted octanol–water partition coefficient (Wildman–Crippen LogP) is 3.30. The minimum absolute atomic E-state index is 0.218. The average Bonchev–Trinajstić information content (AvgIpc) is 3.10. The lowest BCUT2D eigenvalue weighted by atomic mass is 9.91. The maximum absolute atomic E-state index is 9.65. The summed E-state index contributed by atoms with van der Waals surface area (Å²) in [5, 5.41) is 11.7. The molecule has 114 valence electrons. The van der Waals surface area contributed by atoms with Crippen LogP contribution in [-0.2, 0) is 6.54 Å². The fourth-order valence-corrected chi connectivity index (χ4v) is 3.75. The van der Waals surface area contributed by atoms with Crippen LogP contribution in [0.4, 0.5) is 0 Å². The Balaban J connectivity index is 1.78. The van der Waals surface area contributed by atoms with Gasteiger partial charge < -0.3 is 9.52 Å². The van der Waals surface area contributed by atoms with E-state index in [0.29, 0.717) is 11.8 Å². The van der Waals surface area contributed by atoms with Crippen molar-refractivity contribution in [1.29, 1.82) is 0 Å². The maximum atomic E-state index is 9.65. The van der Waals surface area contributed by atoms with Gasteiger partial charge in [-0.05, 0) is 43.7 Å². The SMILES string of the molecule is Cc1oc(-c2cccs2)nc1CN1CCCC(C)C1CO. The molecule has 21 heavy (non-hydrogen) atoms. The Bertz CT molecular complexity index is 579. The molecule has 4 nitrogen and oxygen atoms in total. The summed E-state index contributed by atoms with van der Waals surface area (Å²) in [6, 6.07) is 4.27. The smallest absolute Gasteiger partial charge is 0.236 e. The first-order valence-electron chi connectivity index (χ1n) is 7.54. The number of thiophene rings is 1. The van der Waals surface area contributed by atoms with E-state index in [1.165, 1.54) is 12.8 Å². The van der Waals surface area contributed by atoms with Crippen LogP contribution < -0.4 is 0 Å². The zero-order chi connectivity index (χ0) is 14.8. The summed E-state index contributed by atoms with van der Waals surface area (Å²) in [6.45, 7) is 6.20. The molecule has 1 aliphatic heterocycles. The van der Waals surface area contributed by atoms with Crippen LogP contribution >= 0.6 is 11.3 Å². The van der Waals surface area contributed by atoms with Crippen LogP contribution in [0.2, 0.25) is 0 Å². The van der Waals surface area contributed by atoms with Gasteiger partial charge in [0.2, 0.25) is 5.89 Å². The maximum Gasteiger partial charge on any atom is 0.236 e. The number of aliphatic hydroxyl groups is 1.